The van der Waals surface area contributed by atoms with Crippen molar-refractivity contribution in [3.63, 3.8) is 0 Å². The number of carbonyl (C=O) groups excluding carboxylic acids is 1. The minimum absolute atomic E-state index is 0.163. The number of nitrogens with zero attached hydrogens (tertiary/aromatic N) is 1. The largest absolute Gasteiger partial charge is 0.439 e. The van der Waals surface area contributed by atoms with E-state index < -0.39 is 0 Å². The lowest BCUT2D eigenvalue weighted by molar-refractivity contribution is 0.0950. The van der Waals surface area contributed by atoms with Crippen LogP contribution in [-0.2, 0) is 6.54 Å². The molecular formula is C21H19FN2O2S. The summed E-state index contributed by atoms with van der Waals surface area (Å²) in [6.07, 6.45) is 3.56. The molecule has 0 spiro atoms. The maximum atomic E-state index is 13.4. The van der Waals surface area contributed by atoms with Gasteiger partial charge in [-0.25, -0.2) is 9.37 Å². The van der Waals surface area contributed by atoms with Gasteiger partial charge in [0, 0.05) is 34.8 Å². The van der Waals surface area contributed by atoms with Crippen molar-refractivity contribution in [3.8, 4) is 11.6 Å². The lowest BCUT2D eigenvalue weighted by atomic mass is 10.1. The van der Waals surface area contributed by atoms with E-state index in [9.17, 15) is 9.18 Å². The first-order chi connectivity index (χ1) is 13.1. The standard InChI is InChI=1S/C21H19FN2O2S/c1-14-8-9-18(27-2)12-19(14)20(25)24-13-15-5-4-10-23-21(15)26-17-7-3-6-16(22)11-17/h3-12H,13H2,1-2H3,(H,24,25). The number of nitrogens with one attached hydrogen (secondary N) is 1. The maximum absolute atomic E-state index is 13.4. The van der Waals surface area contributed by atoms with Gasteiger partial charge < -0.3 is 10.1 Å². The van der Waals surface area contributed by atoms with E-state index in [4.69, 9.17) is 4.74 Å². The highest BCUT2D eigenvalue weighted by Crippen LogP contribution is 2.24. The number of aromatic nitrogens is 1. The topological polar surface area (TPSA) is 51.2 Å². The van der Waals surface area contributed by atoms with Crippen LogP contribution in [0, 0.1) is 12.7 Å². The predicted molar refractivity (Wildman–Crippen MR) is 105 cm³/mol. The highest BCUT2D eigenvalue weighted by atomic mass is 32.2. The summed E-state index contributed by atoms with van der Waals surface area (Å²) in [6.45, 7) is 2.15. The summed E-state index contributed by atoms with van der Waals surface area (Å²) in [4.78, 5) is 17.8. The molecule has 2 aromatic carbocycles. The molecule has 4 nitrogen and oxygen atoms in total. The molecule has 0 fully saturated rings. The summed E-state index contributed by atoms with van der Waals surface area (Å²) in [5.41, 5.74) is 2.25. The zero-order chi connectivity index (χ0) is 19.2. The van der Waals surface area contributed by atoms with Gasteiger partial charge in [-0.05, 0) is 49.1 Å². The molecule has 0 unspecified atom stereocenters. The van der Waals surface area contributed by atoms with Crippen LogP contribution in [0.4, 0.5) is 4.39 Å². The molecule has 27 heavy (non-hydrogen) atoms. The van der Waals surface area contributed by atoms with E-state index in [1.165, 1.54) is 12.1 Å². The number of rotatable bonds is 6. The van der Waals surface area contributed by atoms with Gasteiger partial charge in [0.15, 0.2) is 0 Å². The second kappa shape index (κ2) is 8.68. The Balaban J connectivity index is 1.74. The van der Waals surface area contributed by atoms with E-state index in [-0.39, 0.29) is 18.3 Å². The fraction of sp³-hybridized carbons (Fsp3) is 0.143. The number of amides is 1. The molecule has 0 saturated carbocycles. The number of benzene rings is 2. The second-order valence-corrected chi connectivity index (χ2v) is 6.77. The van der Waals surface area contributed by atoms with Crippen LogP contribution < -0.4 is 10.1 Å². The van der Waals surface area contributed by atoms with Gasteiger partial charge in [-0.1, -0.05) is 18.2 Å². The molecule has 0 aliphatic heterocycles. The van der Waals surface area contributed by atoms with Crippen molar-refractivity contribution < 1.29 is 13.9 Å². The number of aryl methyl sites for hydroxylation is 1. The number of hydrogen-bond donors (Lipinski definition) is 1. The molecule has 3 aromatic rings. The summed E-state index contributed by atoms with van der Waals surface area (Å²) in [6, 6.07) is 15.2. The van der Waals surface area contributed by atoms with Crippen molar-refractivity contribution in [1.82, 2.24) is 10.3 Å². The molecule has 0 saturated heterocycles. The fourth-order valence-corrected chi connectivity index (χ4v) is 2.98. The zero-order valence-corrected chi connectivity index (χ0v) is 15.8. The summed E-state index contributed by atoms with van der Waals surface area (Å²) >= 11 is 1.59. The van der Waals surface area contributed by atoms with Gasteiger partial charge in [0.25, 0.3) is 5.91 Å². The molecule has 1 amide bonds. The van der Waals surface area contributed by atoms with Crippen LogP contribution in [0.5, 0.6) is 11.6 Å². The van der Waals surface area contributed by atoms with Gasteiger partial charge >= 0.3 is 0 Å². The van der Waals surface area contributed by atoms with Crippen LogP contribution in [0.1, 0.15) is 21.5 Å². The molecule has 3 rings (SSSR count). The number of carbonyl (C=O) groups is 1. The van der Waals surface area contributed by atoms with E-state index >= 15 is 0 Å². The molecule has 6 heteroatoms. The molecule has 1 aromatic heterocycles. The van der Waals surface area contributed by atoms with Crippen LogP contribution >= 0.6 is 11.8 Å². The maximum Gasteiger partial charge on any atom is 0.251 e. The van der Waals surface area contributed by atoms with Crippen LogP contribution in [0.2, 0.25) is 0 Å². The van der Waals surface area contributed by atoms with Crippen molar-refractivity contribution >= 4 is 17.7 Å². The van der Waals surface area contributed by atoms with E-state index in [1.807, 2.05) is 37.4 Å². The first kappa shape index (κ1) is 18.9. The highest BCUT2D eigenvalue weighted by molar-refractivity contribution is 7.98. The first-order valence-corrected chi connectivity index (χ1v) is 9.59. The van der Waals surface area contributed by atoms with Crippen LogP contribution in [-0.4, -0.2) is 17.1 Å². The number of hydrogen-bond acceptors (Lipinski definition) is 4. The Morgan fingerprint density at radius 3 is 2.81 bits per heavy atom. The normalized spacial score (nSPS) is 10.5. The van der Waals surface area contributed by atoms with Gasteiger partial charge in [-0.2, -0.15) is 0 Å². The number of halogens is 1. The SMILES string of the molecule is CSc1ccc(C)c(C(=O)NCc2cccnc2Oc2cccc(F)c2)c1. The van der Waals surface area contributed by atoms with Gasteiger partial charge in [-0.15, -0.1) is 11.8 Å². The van der Waals surface area contributed by atoms with E-state index in [0.717, 1.165) is 10.5 Å². The third-order valence-electron chi connectivity index (χ3n) is 3.99. The Morgan fingerprint density at radius 2 is 2.04 bits per heavy atom. The minimum Gasteiger partial charge on any atom is -0.439 e. The molecule has 0 aliphatic carbocycles. The van der Waals surface area contributed by atoms with Gasteiger partial charge in [0.05, 0.1) is 0 Å². The summed E-state index contributed by atoms with van der Waals surface area (Å²) in [7, 11) is 0. The smallest absolute Gasteiger partial charge is 0.251 e. The highest BCUT2D eigenvalue weighted by Gasteiger charge is 2.12. The monoisotopic (exact) mass is 382 g/mol. The van der Waals surface area contributed by atoms with E-state index in [0.29, 0.717) is 22.8 Å². The molecule has 0 aliphatic rings. The van der Waals surface area contributed by atoms with Gasteiger partial charge in [0.1, 0.15) is 11.6 Å². The number of pyridine rings is 1. The zero-order valence-electron chi connectivity index (χ0n) is 15.0. The molecule has 0 bridgehead atoms. The lowest BCUT2D eigenvalue weighted by Gasteiger charge is -2.12. The van der Waals surface area contributed by atoms with Crippen molar-refractivity contribution in [2.75, 3.05) is 6.26 Å². The molecule has 0 atom stereocenters. The van der Waals surface area contributed by atoms with Crippen molar-refractivity contribution in [3.05, 3.63) is 83.3 Å². The summed E-state index contributed by atoms with van der Waals surface area (Å²) in [5, 5.41) is 2.90. The van der Waals surface area contributed by atoms with Gasteiger partial charge in [0.2, 0.25) is 5.88 Å². The summed E-state index contributed by atoms with van der Waals surface area (Å²) < 4.78 is 19.0. The molecule has 138 valence electrons. The molecule has 0 radical (unpaired) electrons. The average molecular weight is 382 g/mol. The van der Waals surface area contributed by atoms with Crippen LogP contribution in [0.3, 0.4) is 0 Å². The van der Waals surface area contributed by atoms with Gasteiger partial charge in [-0.3, -0.25) is 4.79 Å². The Labute approximate surface area is 161 Å². The van der Waals surface area contributed by atoms with Crippen molar-refractivity contribution in [2.24, 2.45) is 0 Å². The Morgan fingerprint density at radius 1 is 1.19 bits per heavy atom. The fourth-order valence-electron chi connectivity index (χ4n) is 2.54. The third kappa shape index (κ3) is 4.86. The summed E-state index contributed by atoms with van der Waals surface area (Å²) in [5.74, 6) is 0.133. The average Bonchev–Trinajstić information content (AvgIpc) is 2.67. The number of ether oxygens (including phenoxy) is 1. The van der Waals surface area contributed by atoms with Crippen molar-refractivity contribution in [2.45, 2.75) is 18.4 Å². The lowest BCUT2D eigenvalue weighted by Crippen LogP contribution is -2.24. The van der Waals surface area contributed by atoms with Crippen molar-refractivity contribution in [1.29, 1.82) is 0 Å². The van der Waals surface area contributed by atoms with E-state index in [1.54, 1.807) is 36.2 Å². The Kier molecular flexibility index (Phi) is 6.08. The van der Waals surface area contributed by atoms with E-state index in [2.05, 4.69) is 10.3 Å². The Bertz CT molecular complexity index is 962. The van der Waals surface area contributed by atoms with Crippen LogP contribution in [0.15, 0.2) is 65.7 Å². The molecule has 1 heterocycles. The quantitative estimate of drug-likeness (QED) is 0.612. The second-order valence-electron chi connectivity index (χ2n) is 5.89. The molecule has 1 N–H and O–H groups in total. The number of thioether (sulfide) groups is 1. The third-order valence-corrected chi connectivity index (χ3v) is 4.71. The molecular weight excluding hydrogens is 363 g/mol. The van der Waals surface area contributed by atoms with Crippen LogP contribution in [0.25, 0.3) is 0 Å². The predicted octanol–water partition coefficient (Wildman–Crippen LogP) is 4.97. The first-order valence-electron chi connectivity index (χ1n) is 8.37. The minimum atomic E-state index is -0.387. The Hall–Kier alpha value is -2.86.